The van der Waals surface area contributed by atoms with Crippen molar-refractivity contribution in [2.45, 2.75) is 39.2 Å². The zero-order chi connectivity index (χ0) is 17.8. The van der Waals surface area contributed by atoms with Gasteiger partial charge in [-0.25, -0.2) is 0 Å². The first-order valence-corrected chi connectivity index (χ1v) is 9.24. The van der Waals surface area contributed by atoms with E-state index in [0.717, 1.165) is 49.0 Å². The van der Waals surface area contributed by atoms with Crippen molar-refractivity contribution in [3.8, 4) is 5.75 Å². The van der Waals surface area contributed by atoms with Crippen molar-refractivity contribution in [2.75, 3.05) is 26.7 Å². The van der Waals surface area contributed by atoms with Crippen LogP contribution in [-0.4, -0.2) is 48.6 Å². The summed E-state index contributed by atoms with van der Waals surface area (Å²) in [5, 5.41) is 4.30. The predicted octanol–water partition coefficient (Wildman–Crippen LogP) is 2.96. The largest absolute Gasteiger partial charge is 0.497 e. The SMILES string of the molecule is COc1ccc2[nH]cc(CCNC(=O)[C@H]3CCCN(C(C)C)C3)c2c1. The van der Waals surface area contributed by atoms with Crippen LogP contribution in [0.15, 0.2) is 24.4 Å². The van der Waals surface area contributed by atoms with Crippen molar-refractivity contribution in [3.05, 3.63) is 30.0 Å². The van der Waals surface area contributed by atoms with Crippen LogP contribution in [-0.2, 0) is 11.2 Å². The average Bonchev–Trinajstić information content (AvgIpc) is 3.04. The Bertz CT molecular complexity index is 723. The minimum absolute atomic E-state index is 0.124. The fraction of sp³-hybridized carbons (Fsp3) is 0.550. The van der Waals surface area contributed by atoms with Crippen molar-refractivity contribution in [3.63, 3.8) is 0 Å². The minimum Gasteiger partial charge on any atom is -0.497 e. The van der Waals surface area contributed by atoms with Crippen LogP contribution in [0, 0.1) is 5.92 Å². The Balaban J connectivity index is 1.55. The second-order valence-corrected chi connectivity index (χ2v) is 7.19. The molecule has 1 fully saturated rings. The number of piperidine rings is 1. The Kier molecular flexibility index (Phi) is 5.63. The first kappa shape index (κ1) is 17.8. The number of likely N-dealkylation sites (tertiary alicyclic amines) is 1. The van der Waals surface area contributed by atoms with E-state index in [9.17, 15) is 4.79 Å². The van der Waals surface area contributed by atoms with Gasteiger partial charge in [-0.3, -0.25) is 4.79 Å². The summed E-state index contributed by atoms with van der Waals surface area (Å²) >= 11 is 0. The maximum Gasteiger partial charge on any atom is 0.224 e. The molecule has 1 amide bonds. The molecule has 3 rings (SSSR count). The summed E-state index contributed by atoms with van der Waals surface area (Å²) in [4.78, 5) is 18.2. The van der Waals surface area contributed by atoms with Crippen LogP contribution >= 0.6 is 0 Å². The van der Waals surface area contributed by atoms with Crippen molar-refractivity contribution in [1.82, 2.24) is 15.2 Å². The molecule has 25 heavy (non-hydrogen) atoms. The first-order valence-electron chi connectivity index (χ1n) is 9.24. The van der Waals surface area contributed by atoms with Gasteiger partial charge in [-0.05, 0) is 63.4 Å². The first-order chi connectivity index (χ1) is 12.1. The molecule has 0 unspecified atom stereocenters. The fourth-order valence-corrected chi connectivity index (χ4v) is 3.65. The Morgan fingerprint density at radius 1 is 1.44 bits per heavy atom. The summed E-state index contributed by atoms with van der Waals surface area (Å²) < 4.78 is 5.31. The van der Waals surface area contributed by atoms with Gasteiger partial charge in [0.05, 0.1) is 13.0 Å². The lowest BCUT2D eigenvalue weighted by Gasteiger charge is -2.34. The summed E-state index contributed by atoms with van der Waals surface area (Å²) in [7, 11) is 1.68. The number of aromatic nitrogens is 1. The number of fused-ring (bicyclic) bond motifs is 1. The van der Waals surface area contributed by atoms with Crippen LogP contribution in [0.5, 0.6) is 5.75 Å². The van der Waals surface area contributed by atoms with E-state index in [1.54, 1.807) is 7.11 Å². The molecule has 5 heteroatoms. The molecule has 136 valence electrons. The number of methoxy groups -OCH3 is 1. The number of rotatable bonds is 6. The molecular weight excluding hydrogens is 314 g/mol. The molecule has 2 aromatic rings. The highest BCUT2D eigenvalue weighted by molar-refractivity contribution is 5.85. The van der Waals surface area contributed by atoms with Crippen molar-refractivity contribution in [2.24, 2.45) is 5.92 Å². The third-order valence-electron chi connectivity index (χ3n) is 5.22. The minimum atomic E-state index is 0.124. The summed E-state index contributed by atoms with van der Waals surface area (Å²) in [5.74, 6) is 1.18. The van der Waals surface area contributed by atoms with Crippen molar-refractivity contribution in [1.29, 1.82) is 0 Å². The Morgan fingerprint density at radius 3 is 3.04 bits per heavy atom. The van der Waals surface area contributed by atoms with Gasteiger partial charge >= 0.3 is 0 Å². The number of hydrogen-bond acceptors (Lipinski definition) is 3. The summed E-state index contributed by atoms with van der Waals surface area (Å²) in [6.45, 7) is 7.06. The lowest BCUT2D eigenvalue weighted by atomic mass is 9.96. The molecule has 5 nitrogen and oxygen atoms in total. The molecule has 0 spiro atoms. The third-order valence-corrected chi connectivity index (χ3v) is 5.22. The van der Waals surface area contributed by atoms with Gasteiger partial charge in [0, 0.05) is 36.2 Å². The van der Waals surface area contributed by atoms with Gasteiger partial charge in [0.15, 0.2) is 0 Å². The normalized spacial score (nSPS) is 18.6. The molecule has 2 heterocycles. The molecule has 1 atom stereocenters. The maximum atomic E-state index is 12.5. The average molecular weight is 343 g/mol. The number of carbonyl (C=O) groups is 1. The Hall–Kier alpha value is -2.01. The smallest absolute Gasteiger partial charge is 0.224 e. The zero-order valence-electron chi connectivity index (χ0n) is 15.5. The standard InChI is InChI=1S/C20H29N3O2/c1-14(2)23-10-4-5-16(13-23)20(24)21-9-8-15-12-22-19-7-6-17(25-3)11-18(15)19/h6-7,11-12,14,16,22H,4-5,8-10,13H2,1-3H3,(H,21,24)/t16-/m0/s1. The highest BCUT2D eigenvalue weighted by Gasteiger charge is 2.26. The van der Waals surface area contributed by atoms with Gasteiger partial charge < -0.3 is 19.9 Å². The molecule has 1 aliphatic heterocycles. The second-order valence-electron chi connectivity index (χ2n) is 7.19. The zero-order valence-corrected chi connectivity index (χ0v) is 15.5. The highest BCUT2D eigenvalue weighted by atomic mass is 16.5. The fourth-order valence-electron chi connectivity index (χ4n) is 3.65. The Morgan fingerprint density at radius 2 is 2.28 bits per heavy atom. The van der Waals surface area contributed by atoms with Crippen LogP contribution < -0.4 is 10.1 Å². The highest BCUT2D eigenvalue weighted by Crippen LogP contribution is 2.24. The summed E-state index contributed by atoms with van der Waals surface area (Å²) in [6.07, 6.45) is 4.95. The van der Waals surface area contributed by atoms with Crippen LogP contribution in [0.4, 0.5) is 0 Å². The molecular formula is C20H29N3O2. The van der Waals surface area contributed by atoms with Gasteiger partial charge in [0.1, 0.15) is 5.75 Å². The third kappa shape index (κ3) is 4.15. The number of amides is 1. The molecule has 2 N–H and O–H groups in total. The van der Waals surface area contributed by atoms with E-state index >= 15 is 0 Å². The van der Waals surface area contributed by atoms with E-state index in [1.807, 2.05) is 24.4 Å². The molecule has 1 saturated heterocycles. The number of benzene rings is 1. The van der Waals surface area contributed by atoms with Gasteiger partial charge in [0.2, 0.25) is 5.91 Å². The van der Waals surface area contributed by atoms with Crippen LogP contribution in [0.25, 0.3) is 10.9 Å². The number of nitrogens with one attached hydrogen (secondary N) is 2. The molecule has 1 aromatic carbocycles. The van der Waals surface area contributed by atoms with Crippen LogP contribution in [0.2, 0.25) is 0 Å². The van der Waals surface area contributed by atoms with Gasteiger partial charge in [-0.15, -0.1) is 0 Å². The molecule has 1 aliphatic rings. The molecule has 1 aromatic heterocycles. The monoisotopic (exact) mass is 343 g/mol. The van der Waals surface area contributed by atoms with Gasteiger partial charge in [0.25, 0.3) is 0 Å². The second kappa shape index (κ2) is 7.91. The summed E-state index contributed by atoms with van der Waals surface area (Å²) in [5.41, 5.74) is 2.31. The Labute approximate surface area is 149 Å². The number of H-pyrrole nitrogens is 1. The van der Waals surface area contributed by atoms with Crippen molar-refractivity contribution >= 4 is 16.8 Å². The van der Waals surface area contributed by atoms with E-state index in [1.165, 1.54) is 5.56 Å². The molecule has 0 radical (unpaired) electrons. The van der Waals surface area contributed by atoms with E-state index in [0.29, 0.717) is 12.6 Å². The number of nitrogens with zero attached hydrogens (tertiary/aromatic N) is 1. The van der Waals surface area contributed by atoms with E-state index < -0.39 is 0 Å². The topological polar surface area (TPSA) is 57.4 Å². The number of aromatic amines is 1. The number of hydrogen-bond donors (Lipinski definition) is 2. The number of carbonyl (C=O) groups excluding carboxylic acids is 1. The maximum absolute atomic E-state index is 12.5. The predicted molar refractivity (Wildman–Crippen MR) is 101 cm³/mol. The quantitative estimate of drug-likeness (QED) is 0.848. The van der Waals surface area contributed by atoms with Crippen LogP contribution in [0.3, 0.4) is 0 Å². The lowest BCUT2D eigenvalue weighted by Crippen LogP contribution is -2.45. The lowest BCUT2D eigenvalue weighted by molar-refractivity contribution is -0.126. The van der Waals surface area contributed by atoms with Gasteiger partial charge in [-0.1, -0.05) is 0 Å². The van der Waals surface area contributed by atoms with E-state index in [2.05, 4.69) is 29.0 Å². The van der Waals surface area contributed by atoms with E-state index in [4.69, 9.17) is 4.74 Å². The van der Waals surface area contributed by atoms with Crippen molar-refractivity contribution < 1.29 is 9.53 Å². The van der Waals surface area contributed by atoms with E-state index in [-0.39, 0.29) is 11.8 Å². The molecule has 0 saturated carbocycles. The number of ether oxygens (including phenoxy) is 1. The van der Waals surface area contributed by atoms with Crippen LogP contribution in [0.1, 0.15) is 32.3 Å². The molecule has 0 aliphatic carbocycles. The molecule has 0 bridgehead atoms. The summed E-state index contributed by atoms with van der Waals surface area (Å²) in [6, 6.07) is 6.54. The van der Waals surface area contributed by atoms with Gasteiger partial charge in [-0.2, -0.15) is 0 Å².